The fourth-order valence-corrected chi connectivity index (χ4v) is 4.94. The first-order valence-electron chi connectivity index (χ1n) is 11.8. The van der Waals surface area contributed by atoms with E-state index in [4.69, 9.17) is 4.42 Å². The summed E-state index contributed by atoms with van der Waals surface area (Å²) in [5.41, 5.74) is 5.13. The van der Waals surface area contributed by atoms with E-state index in [2.05, 4.69) is 20.8 Å². The number of amides is 1. The van der Waals surface area contributed by atoms with Crippen LogP contribution in [-0.4, -0.2) is 10.8 Å². The lowest BCUT2D eigenvalue weighted by Gasteiger charge is -2.26. The van der Waals surface area contributed by atoms with E-state index in [9.17, 15) is 14.0 Å². The molecule has 4 aromatic rings. The number of rotatable bonds is 3. The zero-order valence-corrected chi connectivity index (χ0v) is 20.6. The van der Waals surface area contributed by atoms with Gasteiger partial charge in [0.1, 0.15) is 11.4 Å². The summed E-state index contributed by atoms with van der Waals surface area (Å²) in [7, 11) is 0. The van der Waals surface area contributed by atoms with E-state index in [1.165, 1.54) is 12.1 Å². The van der Waals surface area contributed by atoms with Crippen molar-refractivity contribution in [2.24, 2.45) is 0 Å². The van der Waals surface area contributed by atoms with Gasteiger partial charge in [0.05, 0.1) is 17.0 Å². The third-order valence-corrected chi connectivity index (χ3v) is 6.76. The van der Waals surface area contributed by atoms with Crippen molar-refractivity contribution in [2.45, 2.75) is 52.6 Å². The first kappa shape index (κ1) is 23.0. The van der Waals surface area contributed by atoms with Crippen LogP contribution >= 0.6 is 0 Å². The van der Waals surface area contributed by atoms with Gasteiger partial charge in [0.25, 0.3) is 5.91 Å². The zero-order chi connectivity index (χ0) is 25.1. The lowest BCUT2D eigenvalue weighted by molar-refractivity contribution is 0.0714. The van der Waals surface area contributed by atoms with Crippen molar-refractivity contribution in [1.29, 1.82) is 0 Å². The molecule has 1 amide bonds. The summed E-state index contributed by atoms with van der Waals surface area (Å²) in [6.07, 6.45) is 0. The van der Waals surface area contributed by atoms with Gasteiger partial charge in [-0.25, -0.2) is 4.39 Å². The molecule has 1 atom stereocenters. The molecule has 0 radical (unpaired) electrons. The number of aryl methyl sites for hydroxylation is 2. The molecule has 1 unspecified atom stereocenters. The molecule has 178 valence electrons. The summed E-state index contributed by atoms with van der Waals surface area (Å²) in [5, 5.41) is 0.481. The number of benzene rings is 3. The Morgan fingerprint density at radius 2 is 1.60 bits per heavy atom. The van der Waals surface area contributed by atoms with Gasteiger partial charge in [-0.2, -0.15) is 0 Å². The van der Waals surface area contributed by atoms with Gasteiger partial charge in [0.15, 0.2) is 5.43 Å². The summed E-state index contributed by atoms with van der Waals surface area (Å²) in [5.74, 6) is -0.595. The van der Waals surface area contributed by atoms with Crippen molar-refractivity contribution in [3.63, 3.8) is 0 Å². The second kappa shape index (κ2) is 8.19. The predicted octanol–water partition coefficient (Wildman–Crippen LogP) is 6.59. The van der Waals surface area contributed by atoms with Gasteiger partial charge in [0, 0.05) is 6.54 Å². The van der Waals surface area contributed by atoms with Crippen LogP contribution < -0.4 is 5.43 Å². The van der Waals surface area contributed by atoms with E-state index in [-0.39, 0.29) is 34.9 Å². The van der Waals surface area contributed by atoms with Gasteiger partial charge in [-0.15, -0.1) is 0 Å². The first-order chi connectivity index (χ1) is 16.5. The average molecular weight is 470 g/mol. The van der Waals surface area contributed by atoms with Crippen molar-refractivity contribution >= 4 is 16.9 Å². The summed E-state index contributed by atoms with van der Waals surface area (Å²) >= 11 is 0. The summed E-state index contributed by atoms with van der Waals surface area (Å²) < 4.78 is 19.7. The van der Waals surface area contributed by atoms with Gasteiger partial charge in [-0.05, 0) is 65.3 Å². The second-order valence-corrected chi connectivity index (χ2v) is 10.5. The Morgan fingerprint density at radius 1 is 0.943 bits per heavy atom. The maximum atomic E-state index is 13.8. The third-order valence-electron chi connectivity index (χ3n) is 6.76. The highest BCUT2D eigenvalue weighted by Crippen LogP contribution is 2.40. The largest absolute Gasteiger partial charge is 0.450 e. The van der Waals surface area contributed by atoms with Crippen LogP contribution in [-0.2, 0) is 12.0 Å². The number of hydrogen-bond acceptors (Lipinski definition) is 3. The Bertz CT molecular complexity index is 1510. The Kier molecular flexibility index (Phi) is 5.39. The molecule has 0 N–H and O–H groups in total. The van der Waals surface area contributed by atoms with Crippen molar-refractivity contribution in [1.82, 2.24) is 4.90 Å². The number of fused-ring (bicyclic) bond motifs is 2. The molecule has 2 heterocycles. The first-order valence-corrected chi connectivity index (χ1v) is 11.8. The van der Waals surface area contributed by atoms with E-state index in [0.717, 1.165) is 27.8 Å². The third kappa shape index (κ3) is 3.95. The molecule has 35 heavy (non-hydrogen) atoms. The smallest absolute Gasteiger partial charge is 0.291 e. The fraction of sp³-hybridized carbons (Fsp3) is 0.267. The maximum absolute atomic E-state index is 13.8. The van der Waals surface area contributed by atoms with E-state index in [1.54, 1.807) is 17.0 Å². The van der Waals surface area contributed by atoms with E-state index in [1.807, 2.05) is 50.2 Å². The van der Waals surface area contributed by atoms with Gasteiger partial charge in [-0.3, -0.25) is 9.59 Å². The predicted molar refractivity (Wildman–Crippen MR) is 135 cm³/mol. The van der Waals surface area contributed by atoms with E-state index < -0.39 is 6.04 Å². The highest BCUT2D eigenvalue weighted by molar-refractivity contribution is 5.99. The Morgan fingerprint density at radius 3 is 2.23 bits per heavy atom. The standard InChI is InChI=1S/C30H28FNO3/c1-17-14-18(2)27-23(15-17)26(33)24-25(20-8-10-21(11-9-20)30(3,4)5)32(29(34)28(24)35-27)16-19-6-12-22(31)13-7-19/h6-15,25H,16H2,1-5H3. The minimum Gasteiger partial charge on any atom is -0.450 e. The number of carbonyl (C=O) groups excluding carboxylic acids is 1. The molecule has 5 rings (SSSR count). The minimum absolute atomic E-state index is 0.0278. The second-order valence-electron chi connectivity index (χ2n) is 10.5. The van der Waals surface area contributed by atoms with Crippen molar-refractivity contribution in [3.05, 3.63) is 116 Å². The van der Waals surface area contributed by atoms with Crippen LogP contribution in [0.3, 0.4) is 0 Å². The van der Waals surface area contributed by atoms with Crippen LogP contribution in [0.15, 0.2) is 69.9 Å². The van der Waals surface area contributed by atoms with E-state index in [0.29, 0.717) is 16.5 Å². The average Bonchev–Trinajstić information content (AvgIpc) is 3.07. The molecule has 0 aliphatic carbocycles. The van der Waals surface area contributed by atoms with Crippen LogP contribution in [0.5, 0.6) is 0 Å². The fourth-order valence-electron chi connectivity index (χ4n) is 4.94. The van der Waals surface area contributed by atoms with Crippen LogP contribution in [0.25, 0.3) is 11.0 Å². The molecule has 1 aromatic heterocycles. The maximum Gasteiger partial charge on any atom is 0.291 e. The molecule has 0 saturated heterocycles. The number of halogens is 1. The monoisotopic (exact) mass is 469 g/mol. The lowest BCUT2D eigenvalue weighted by Crippen LogP contribution is -2.29. The number of hydrogen-bond donors (Lipinski definition) is 0. The Labute approximate surface area is 204 Å². The minimum atomic E-state index is -0.599. The van der Waals surface area contributed by atoms with Gasteiger partial charge < -0.3 is 9.32 Å². The van der Waals surface area contributed by atoms with E-state index >= 15 is 0 Å². The van der Waals surface area contributed by atoms with Crippen molar-refractivity contribution < 1.29 is 13.6 Å². The molecular formula is C30H28FNO3. The molecule has 5 heteroatoms. The summed E-state index contributed by atoms with van der Waals surface area (Å²) in [6, 6.07) is 17.3. The van der Waals surface area contributed by atoms with Gasteiger partial charge in [0.2, 0.25) is 5.76 Å². The lowest BCUT2D eigenvalue weighted by atomic mass is 9.85. The summed E-state index contributed by atoms with van der Waals surface area (Å²) in [4.78, 5) is 29.2. The zero-order valence-electron chi connectivity index (χ0n) is 20.6. The Hall–Kier alpha value is -3.73. The topological polar surface area (TPSA) is 50.5 Å². The highest BCUT2D eigenvalue weighted by atomic mass is 19.1. The van der Waals surface area contributed by atoms with Crippen LogP contribution in [0.2, 0.25) is 0 Å². The highest BCUT2D eigenvalue weighted by Gasteiger charge is 2.43. The van der Waals surface area contributed by atoms with Crippen molar-refractivity contribution in [2.75, 3.05) is 0 Å². The molecule has 1 aliphatic heterocycles. The molecular weight excluding hydrogens is 441 g/mol. The normalized spacial score (nSPS) is 15.7. The van der Waals surface area contributed by atoms with Gasteiger partial charge in [-0.1, -0.05) is 63.2 Å². The van der Waals surface area contributed by atoms with Crippen molar-refractivity contribution in [3.8, 4) is 0 Å². The molecule has 0 bridgehead atoms. The SMILES string of the molecule is Cc1cc(C)c2oc3c(c(=O)c2c1)C(c1ccc(C(C)(C)C)cc1)N(Cc1ccc(F)cc1)C3=O. The molecule has 0 spiro atoms. The molecule has 0 fully saturated rings. The quantitative estimate of drug-likeness (QED) is 0.340. The molecule has 1 aliphatic rings. The van der Waals surface area contributed by atoms with Crippen LogP contribution in [0, 0.1) is 19.7 Å². The van der Waals surface area contributed by atoms with Gasteiger partial charge >= 0.3 is 0 Å². The van der Waals surface area contributed by atoms with Crippen LogP contribution in [0.1, 0.15) is 70.7 Å². The number of carbonyl (C=O) groups is 1. The van der Waals surface area contributed by atoms with Crippen LogP contribution in [0.4, 0.5) is 4.39 Å². The summed E-state index contributed by atoms with van der Waals surface area (Å²) in [6.45, 7) is 10.5. The Balaban J connectivity index is 1.72. The number of nitrogens with zero attached hydrogens (tertiary/aromatic N) is 1. The molecule has 4 nitrogen and oxygen atoms in total. The molecule has 0 saturated carbocycles. The molecule has 3 aromatic carbocycles.